The first-order valence-corrected chi connectivity index (χ1v) is 7.49. The monoisotopic (exact) mass is 310 g/mol. The molecule has 0 spiro atoms. The molecule has 1 rings (SSSR count). The molecule has 7 heteroatoms. The zero-order valence-corrected chi connectivity index (χ0v) is 13.3. The standard InChI is InChI=1S/C14H22N4O2S/c1-3-17(4-2)11-5-10-15-14(21)16-12-6-8-13(9-7-12)18(19)20/h6-9H,3-5,10-11H2,1-2H3,(H2,15,16,21). The number of thiocarbonyl (C=S) groups is 1. The molecule has 21 heavy (non-hydrogen) atoms. The lowest BCUT2D eigenvalue weighted by atomic mass is 10.3. The van der Waals surface area contributed by atoms with Crippen LogP contribution in [0.25, 0.3) is 0 Å². The molecular formula is C14H22N4O2S. The average molecular weight is 310 g/mol. The number of anilines is 1. The fourth-order valence-corrected chi connectivity index (χ4v) is 2.11. The van der Waals surface area contributed by atoms with E-state index in [2.05, 4.69) is 29.4 Å². The quantitative estimate of drug-likeness (QED) is 0.333. The predicted octanol–water partition coefficient (Wildman–Crippen LogP) is 2.61. The van der Waals surface area contributed by atoms with Gasteiger partial charge in [0.05, 0.1) is 4.92 Å². The van der Waals surface area contributed by atoms with E-state index in [-0.39, 0.29) is 5.69 Å². The summed E-state index contributed by atoms with van der Waals surface area (Å²) in [7, 11) is 0. The molecule has 0 aliphatic carbocycles. The van der Waals surface area contributed by atoms with E-state index in [0.29, 0.717) is 5.11 Å². The van der Waals surface area contributed by atoms with Crippen LogP contribution in [0.1, 0.15) is 20.3 Å². The van der Waals surface area contributed by atoms with Gasteiger partial charge in [-0.2, -0.15) is 0 Å². The third-order valence-electron chi connectivity index (χ3n) is 3.17. The number of rotatable bonds is 8. The van der Waals surface area contributed by atoms with Crippen molar-refractivity contribution in [3.8, 4) is 0 Å². The summed E-state index contributed by atoms with van der Waals surface area (Å²) in [5, 5.41) is 17.2. The van der Waals surface area contributed by atoms with Crippen molar-refractivity contribution in [3.05, 3.63) is 34.4 Å². The first-order chi connectivity index (χ1) is 10.1. The van der Waals surface area contributed by atoms with Crippen molar-refractivity contribution in [2.45, 2.75) is 20.3 Å². The SMILES string of the molecule is CCN(CC)CCCNC(=S)Nc1ccc([N+](=O)[O-])cc1. The molecule has 0 saturated heterocycles. The van der Waals surface area contributed by atoms with Gasteiger partial charge in [-0.05, 0) is 50.4 Å². The van der Waals surface area contributed by atoms with Gasteiger partial charge in [0.1, 0.15) is 0 Å². The second-order valence-corrected chi connectivity index (χ2v) is 4.97. The van der Waals surface area contributed by atoms with E-state index >= 15 is 0 Å². The van der Waals surface area contributed by atoms with Crippen molar-refractivity contribution in [1.82, 2.24) is 10.2 Å². The molecule has 1 aromatic carbocycles. The molecule has 6 nitrogen and oxygen atoms in total. The Kier molecular flexibility index (Phi) is 7.63. The predicted molar refractivity (Wildman–Crippen MR) is 89.7 cm³/mol. The van der Waals surface area contributed by atoms with Crippen LogP contribution in [-0.2, 0) is 0 Å². The van der Waals surface area contributed by atoms with Crippen LogP contribution in [0.2, 0.25) is 0 Å². The Morgan fingerprint density at radius 1 is 1.29 bits per heavy atom. The zero-order chi connectivity index (χ0) is 15.7. The van der Waals surface area contributed by atoms with Crippen LogP contribution in [0.15, 0.2) is 24.3 Å². The van der Waals surface area contributed by atoms with Gasteiger partial charge in [-0.25, -0.2) is 0 Å². The van der Waals surface area contributed by atoms with Crippen molar-refractivity contribution in [2.75, 3.05) is 31.5 Å². The summed E-state index contributed by atoms with van der Waals surface area (Å²) in [5.74, 6) is 0. The van der Waals surface area contributed by atoms with Gasteiger partial charge in [0.2, 0.25) is 0 Å². The number of hydrogen-bond donors (Lipinski definition) is 2. The van der Waals surface area contributed by atoms with Crippen LogP contribution >= 0.6 is 12.2 Å². The summed E-state index contributed by atoms with van der Waals surface area (Å²) in [6.45, 7) is 8.26. The van der Waals surface area contributed by atoms with E-state index in [9.17, 15) is 10.1 Å². The molecule has 0 saturated carbocycles. The summed E-state index contributed by atoms with van der Waals surface area (Å²) in [4.78, 5) is 12.5. The maximum atomic E-state index is 10.6. The van der Waals surface area contributed by atoms with Crippen LogP contribution in [0.4, 0.5) is 11.4 Å². The van der Waals surface area contributed by atoms with Crippen LogP contribution < -0.4 is 10.6 Å². The molecule has 2 N–H and O–H groups in total. The number of nitrogens with zero attached hydrogens (tertiary/aromatic N) is 2. The smallest absolute Gasteiger partial charge is 0.269 e. The molecule has 0 radical (unpaired) electrons. The van der Waals surface area contributed by atoms with Crippen molar-refractivity contribution in [1.29, 1.82) is 0 Å². The van der Waals surface area contributed by atoms with Crippen molar-refractivity contribution < 1.29 is 4.92 Å². The molecule has 0 fully saturated rings. The van der Waals surface area contributed by atoms with E-state index in [1.54, 1.807) is 12.1 Å². The highest BCUT2D eigenvalue weighted by Crippen LogP contribution is 2.15. The molecule has 116 valence electrons. The fraction of sp³-hybridized carbons (Fsp3) is 0.500. The lowest BCUT2D eigenvalue weighted by Crippen LogP contribution is -2.32. The summed E-state index contributed by atoms with van der Waals surface area (Å²) < 4.78 is 0. The number of nitro benzene ring substituents is 1. The Morgan fingerprint density at radius 2 is 1.90 bits per heavy atom. The minimum absolute atomic E-state index is 0.0682. The molecule has 0 unspecified atom stereocenters. The van der Waals surface area contributed by atoms with E-state index < -0.39 is 4.92 Å². The lowest BCUT2D eigenvalue weighted by molar-refractivity contribution is -0.384. The van der Waals surface area contributed by atoms with Crippen molar-refractivity contribution >= 4 is 28.7 Å². The van der Waals surface area contributed by atoms with Gasteiger partial charge < -0.3 is 15.5 Å². The number of hydrogen-bond acceptors (Lipinski definition) is 4. The maximum Gasteiger partial charge on any atom is 0.269 e. The van der Waals surface area contributed by atoms with E-state index in [1.165, 1.54) is 12.1 Å². The molecular weight excluding hydrogens is 288 g/mol. The average Bonchev–Trinajstić information content (AvgIpc) is 2.48. The van der Waals surface area contributed by atoms with Crippen molar-refractivity contribution in [2.24, 2.45) is 0 Å². The van der Waals surface area contributed by atoms with Gasteiger partial charge in [0, 0.05) is 24.4 Å². The minimum Gasteiger partial charge on any atom is -0.362 e. The minimum atomic E-state index is -0.423. The van der Waals surface area contributed by atoms with Crippen LogP contribution in [0.5, 0.6) is 0 Å². The molecule has 0 aliphatic heterocycles. The molecule has 0 heterocycles. The van der Waals surface area contributed by atoms with E-state index in [0.717, 1.165) is 38.3 Å². The van der Waals surface area contributed by atoms with Crippen LogP contribution in [-0.4, -0.2) is 41.1 Å². The highest BCUT2D eigenvalue weighted by Gasteiger charge is 2.04. The van der Waals surface area contributed by atoms with Crippen molar-refractivity contribution in [3.63, 3.8) is 0 Å². The van der Waals surface area contributed by atoms with Crippen LogP contribution in [0, 0.1) is 10.1 Å². The normalized spacial score (nSPS) is 10.4. The summed E-state index contributed by atoms with van der Waals surface area (Å²) in [5.41, 5.74) is 0.806. The van der Waals surface area contributed by atoms with E-state index in [4.69, 9.17) is 12.2 Å². The fourth-order valence-electron chi connectivity index (χ4n) is 1.89. The Balaban J connectivity index is 2.29. The number of nitrogens with one attached hydrogen (secondary N) is 2. The number of nitro groups is 1. The topological polar surface area (TPSA) is 70.4 Å². The second kappa shape index (κ2) is 9.25. The lowest BCUT2D eigenvalue weighted by Gasteiger charge is -2.18. The number of benzene rings is 1. The largest absolute Gasteiger partial charge is 0.362 e. The third kappa shape index (κ3) is 6.50. The van der Waals surface area contributed by atoms with Gasteiger partial charge in [-0.15, -0.1) is 0 Å². The van der Waals surface area contributed by atoms with Gasteiger partial charge in [0.25, 0.3) is 5.69 Å². The number of non-ortho nitro benzene ring substituents is 1. The summed E-state index contributed by atoms with van der Waals surface area (Å²) >= 11 is 5.19. The molecule has 0 atom stereocenters. The molecule has 0 bridgehead atoms. The highest BCUT2D eigenvalue weighted by atomic mass is 32.1. The highest BCUT2D eigenvalue weighted by molar-refractivity contribution is 7.80. The van der Waals surface area contributed by atoms with Gasteiger partial charge in [-0.1, -0.05) is 13.8 Å². The second-order valence-electron chi connectivity index (χ2n) is 4.57. The molecule has 0 aliphatic rings. The first kappa shape index (κ1) is 17.3. The van der Waals surface area contributed by atoms with E-state index in [1.807, 2.05) is 0 Å². The van der Waals surface area contributed by atoms with Crippen LogP contribution in [0.3, 0.4) is 0 Å². The molecule has 0 amide bonds. The summed E-state index contributed by atoms with van der Waals surface area (Å²) in [6.07, 6.45) is 1.02. The van der Waals surface area contributed by atoms with Gasteiger partial charge in [0.15, 0.2) is 5.11 Å². The Hall–Kier alpha value is -1.73. The maximum absolute atomic E-state index is 10.6. The zero-order valence-electron chi connectivity index (χ0n) is 12.5. The first-order valence-electron chi connectivity index (χ1n) is 7.08. The molecule has 1 aromatic rings. The van der Waals surface area contributed by atoms with Gasteiger partial charge >= 0.3 is 0 Å². The third-order valence-corrected chi connectivity index (χ3v) is 3.41. The Morgan fingerprint density at radius 3 is 2.43 bits per heavy atom. The van der Waals surface area contributed by atoms with Gasteiger partial charge in [-0.3, -0.25) is 10.1 Å². The molecule has 0 aromatic heterocycles. The summed E-state index contributed by atoms with van der Waals surface area (Å²) in [6, 6.07) is 6.18. The Labute approximate surface area is 130 Å². The Bertz CT molecular complexity index is 461.